The summed E-state index contributed by atoms with van der Waals surface area (Å²) >= 11 is 3.54. The van der Waals surface area contributed by atoms with E-state index in [-0.39, 0.29) is 0 Å². The van der Waals surface area contributed by atoms with Crippen molar-refractivity contribution in [1.82, 2.24) is 0 Å². The Kier molecular flexibility index (Phi) is 3.06. The number of anilines is 1. The van der Waals surface area contributed by atoms with E-state index in [1.165, 1.54) is 40.8 Å². The predicted octanol–water partition coefficient (Wildman–Crippen LogP) is 3.91. The van der Waals surface area contributed by atoms with Gasteiger partial charge in [-0.3, -0.25) is 0 Å². The number of hydrogen-bond acceptors (Lipinski definition) is 1. The Morgan fingerprint density at radius 3 is 2.27 bits per heavy atom. The first-order valence-corrected chi connectivity index (χ1v) is 6.42. The second-order valence-corrected chi connectivity index (χ2v) is 5.48. The molecule has 0 aromatic heterocycles. The van der Waals surface area contributed by atoms with E-state index in [0.717, 1.165) is 5.92 Å². The van der Waals surface area contributed by atoms with Crippen LogP contribution in [0.3, 0.4) is 0 Å². The van der Waals surface area contributed by atoms with E-state index in [1.54, 1.807) is 0 Å². The fourth-order valence-electron chi connectivity index (χ4n) is 2.41. The topological polar surface area (TPSA) is 3.24 Å². The quantitative estimate of drug-likeness (QED) is 0.786. The fourth-order valence-corrected chi connectivity index (χ4v) is 3.10. The first-order chi connectivity index (χ1) is 7.11. The highest BCUT2D eigenvalue weighted by molar-refractivity contribution is 9.10. The summed E-state index contributed by atoms with van der Waals surface area (Å²) in [5.74, 6) is 0.910. The first kappa shape index (κ1) is 11.0. The molecule has 2 rings (SSSR count). The summed E-state index contributed by atoms with van der Waals surface area (Å²) in [6, 6.07) is 4.42. The van der Waals surface area contributed by atoms with Gasteiger partial charge >= 0.3 is 0 Å². The Labute approximate surface area is 101 Å². The molecule has 0 amide bonds. The Morgan fingerprint density at radius 2 is 1.80 bits per heavy atom. The van der Waals surface area contributed by atoms with Gasteiger partial charge in [-0.2, -0.15) is 0 Å². The zero-order chi connectivity index (χ0) is 11.0. The van der Waals surface area contributed by atoms with Gasteiger partial charge in [0.15, 0.2) is 0 Å². The van der Waals surface area contributed by atoms with Crippen LogP contribution in [0.15, 0.2) is 16.6 Å². The summed E-state index contributed by atoms with van der Waals surface area (Å²) in [4.78, 5) is 2.51. The fraction of sp³-hybridized carbons (Fsp3) is 0.538. The van der Waals surface area contributed by atoms with Crippen molar-refractivity contribution in [2.24, 2.45) is 5.92 Å². The molecule has 0 unspecified atom stereocenters. The van der Waals surface area contributed by atoms with Gasteiger partial charge in [0.2, 0.25) is 0 Å². The van der Waals surface area contributed by atoms with Crippen LogP contribution >= 0.6 is 15.9 Å². The summed E-state index contributed by atoms with van der Waals surface area (Å²) in [5.41, 5.74) is 4.22. The van der Waals surface area contributed by atoms with Crippen LogP contribution in [0.4, 0.5) is 5.69 Å². The maximum atomic E-state index is 3.54. The van der Waals surface area contributed by atoms with E-state index >= 15 is 0 Å². The summed E-state index contributed by atoms with van der Waals surface area (Å²) in [7, 11) is 0. The molecule has 1 aromatic carbocycles. The van der Waals surface area contributed by atoms with Crippen LogP contribution < -0.4 is 4.90 Å². The van der Waals surface area contributed by atoms with Crippen molar-refractivity contribution >= 4 is 21.6 Å². The molecule has 0 aliphatic carbocycles. The predicted molar refractivity (Wildman–Crippen MR) is 69.6 cm³/mol. The lowest BCUT2D eigenvalue weighted by atomic mass is 9.94. The molecule has 0 bridgehead atoms. The Bertz CT molecular complexity index is 344. The Morgan fingerprint density at radius 1 is 1.27 bits per heavy atom. The normalized spacial score (nSPS) is 16.7. The van der Waals surface area contributed by atoms with Crippen LogP contribution in [0, 0.1) is 19.8 Å². The standard InChI is InChI=1S/C13H18BrN/c1-4-11-7-15(8-11)13-9(2)5-12(14)6-10(13)3/h5-6,11H,4,7-8H2,1-3H3. The van der Waals surface area contributed by atoms with E-state index < -0.39 is 0 Å². The second-order valence-electron chi connectivity index (χ2n) is 4.57. The maximum Gasteiger partial charge on any atom is 0.0426 e. The highest BCUT2D eigenvalue weighted by Crippen LogP contribution is 2.33. The number of halogens is 1. The van der Waals surface area contributed by atoms with E-state index in [4.69, 9.17) is 0 Å². The number of rotatable bonds is 2. The molecule has 82 valence electrons. The number of nitrogens with zero attached hydrogens (tertiary/aromatic N) is 1. The summed E-state index contributed by atoms with van der Waals surface area (Å²) in [6.07, 6.45) is 1.31. The average Bonchev–Trinajstić information content (AvgIpc) is 2.06. The molecule has 0 saturated carbocycles. The SMILES string of the molecule is CCC1CN(c2c(C)cc(Br)cc2C)C1. The summed E-state index contributed by atoms with van der Waals surface area (Å²) in [6.45, 7) is 9.15. The molecule has 1 aliphatic rings. The van der Waals surface area contributed by atoms with E-state index in [2.05, 4.69) is 53.7 Å². The third-order valence-corrected chi connectivity index (χ3v) is 3.76. The average molecular weight is 268 g/mol. The van der Waals surface area contributed by atoms with Crippen LogP contribution in [-0.4, -0.2) is 13.1 Å². The van der Waals surface area contributed by atoms with Gasteiger partial charge in [0, 0.05) is 23.2 Å². The highest BCUT2D eigenvalue weighted by Gasteiger charge is 2.27. The first-order valence-electron chi connectivity index (χ1n) is 5.63. The minimum atomic E-state index is 0.910. The summed E-state index contributed by atoms with van der Waals surface area (Å²) in [5, 5.41) is 0. The van der Waals surface area contributed by atoms with Crippen LogP contribution in [-0.2, 0) is 0 Å². The molecule has 1 nitrogen and oxygen atoms in total. The highest BCUT2D eigenvalue weighted by atomic mass is 79.9. The third-order valence-electron chi connectivity index (χ3n) is 3.31. The molecule has 0 N–H and O–H groups in total. The third kappa shape index (κ3) is 2.05. The zero-order valence-electron chi connectivity index (χ0n) is 9.68. The number of aryl methyl sites for hydroxylation is 2. The number of benzene rings is 1. The molecule has 0 atom stereocenters. The van der Waals surface area contributed by atoms with Gasteiger partial charge in [-0.05, 0) is 49.4 Å². The molecule has 1 saturated heterocycles. The maximum absolute atomic E-state index is 3.54. The van der Waals surface area contributed by atoms with Crippen molar-refractivity contribution < 1.29 is 0 Å². The molecular weight excluding hydrogens is 250 g/mol. The van der Waals surface area contributed by atoms with Crippen molar-refractivity contribution in [2.45, 2.75) is 27.2 Å². The van der Waals surface area contributed by atoms with Gasteiger partial charge in [-0.25, -0.2) is 0 Å². The zero-order valence-corrected chi connectivity index (χ0v) is 11.3. The van der Waals surface area contributed by atoms with Crippen molar-refractivity contribution in [3.8, 4) is 0 Å². The van der Waals surface area contributed by atoms with Gasteiger partial charge in [0.1, 0.15) is 0 Å². The van der Waals surface area contributed by atoms with Gasteiger partial charge in [-0.1, -0.05) is 22.9 Å². The van der Waals surface area contributed by atoms with Crippen molar-refractivity contribution in [3.05, 3.63) is 27.7 Å². The van der Waals surface area contributed by atoms with Crippen LogP contribution in [0.25, 0.3) is 0 Å². The monoisotopic (exact) mass is 267 g/mol. The summed E-state index contributed by atoms with van der Waals surface area (Å²) < 4.78 is 1.19. The van der Waals surface area contributed by atoms with Crippen molar-refractivity contribution in [3.63, 3.8) is 0 Å². The lowest BCUT2D eigenvalue weighted by Crippen LogP contribution is -2.47. The molecular formula is C13H18BrN. The molecule has 1 aliphatic heterocycles. The Hall–Kier alpha value is -0.500. The molecule has 15 heavy (non-hydrogen) atoms. The van der Waals surface area contributed by atoms with Crippen LogP contribution in [0.1, 0.15) is 24.5 Å². The minimum Gasteiger partial charge on any atom is -0.370 e. The van der Waals surface area contributed by atoms with Gasteiger partial charge in [0.25, 0.3) is 0 Å². The van der Waals surface area contributed by atoms with Gasteiger partial charge in [0.05, 0.1) is 0 Å². The molecule has 1 aromatic rings. The van der Waals surface area contributed by atoms with Crippen molar-refractivity contribution in [1.29, 1.82) is 0 Å². The lowest BCUT2D eigenvalue weighted by Gasteiger charge is -2.42. The largest absolute Gasteiger partial charge is 0.370 e. The van der Waals surface area contributed by atoms with Gasteiger partial charge < -0.3 is 4.90 Å². The molecule has 0 spiro atoms. The molecule has 1 heterocycles. The van der Waals surface area contributed by atoms with Crippen LogP contribution in [0.5, 0.6) is 0 Å². The smallest absolute Gasteiger partial charge is 0.0426 e. The lowest BCUT2D eigenvalue weighted by molar-refractivity contribution is 0.398. The van der Waals surface area contributed by atoms with E-state index in [0.29, 0.717) is 0 Å². The molecule has 1 fully saturated rings. The Balaban J connectivity index is 2.22. The van der Waals surface area contributed by atoms with Crippen molar-refractivity contribution in [2.75, 3.05) is 18.0 Å². The minimum absolute atomic E-state index is 0.910. The second kappa shape index (κ2) is 4.17. The van der Waals surface area contributed by atoms with Gasteiger partial charge in [-0.15, -0.1) is 0 Å². The van der Waals surface area contributed by atoms with E-state index in [1.807, 2.05) is 0 Å². The van der Waals surface area contributed by atoms with Crippen LogP contribution in [0.2, 0.25) is 0 Å². The molecule has 2 heteroatoms. The molecule has 0 radical (unpaired) electrons. The number of hydrogen-bond donors (Lipinski definition) is 0. The van der Waals surface area contributed by atoms with E-state index in [9.17, 15) is 0 Å².